The second-order valence-corrected chi connectivity index (χ2v) is 9.82. The zero-order valence-corrected chi connectivity index (χ0v) is 18.7. The Morgan fingerprint density at radius 1 is 1.00 bits per heavy atom. The lowest BCUT2D eigenvalue weighted by Gasteiger charge is -2.36. The molecule has 1 heterocycles. The van der Waals surface area contributed by atoms with Gasteiger partial charge in [-0.25, -0.2) is 8.42 Å². The zero-order chi connectivity index (χ0) is 21.2. The van der Waals surface area contributed by atoms with E-state index in [0.29, 0.717) is 41.9 Å². The third kappa shape index (κ3) is 5.05. The van der Waals surface area contributed by atoms with Gasteiger partial charge in [-0.05, 0) is 43.3 Å². The van der Waals surface area contributed by atoms with Gasteiger partial charge in [0.15, 0.2) is 0 Å². The standard InChI is InChI=1S/C19H20Cl3N3O3S/c1-13(19(26)23-17-4-2-3-16(21)18(17)22)24-9-11-25(12-10-24)29(27,28)15-7-5-14(20)6-8-15/h2-8,13H,9-12H2,1H3,(H,23,26). The number of halogens is 3. The van der Waals surface area contributed by atoms with Gasteiger partial charge in [-0.2, -0.15) is 4.31 Å². The van der Waals surface area contributed by atoms with Crippen LogP contribution in [0, 0.1) is 0 Å². The number of piperazine rings is 1. The molecule has 1 fully saturated rings. The van der Waals surface area contributed by atoms with Gasteiger partial charge in [-0.15, -0.1) is 0 Å². The monoisotopic (exact) mass is 475 g/mol. The molecule has 156 valence electrons. The highest BCUT2D eigenvalue weighted by atomic mass is 35.5. The lowest BCUT2D eigenvalue weighted by Crippen LogP contribution is -2.53. The van der Waals surface area contributed by atoms with E-state index in [9.17, 15) is 13.2 Å². The maximum atomic E-state index is 12.8. The zero-order valence-electron chi connectivity index (χ0n) is 15.6. The fourth-order valence-corrected chi connectivity index (χ4v) is 4.99. The molecular weight excluding hydrogens is 457 g/mol. The Bertz CT molecular complexity index is 992. The summed E-state index contributed by atoms with van der Waals surface area (Å²) in [4.78, 5) is 14.7. The normalized spacial score (nSPS) is 17.1. The molecule has 2 aromatic rings. The Balaban J connectivity index is 1.61. The van der Waals surface area contributed by atoms with Crippen LogP contribution in [0.3, 0.4) is 0 Å². The molecule has 0 aromatic heterocycles. The van der Waals surface area contributed by atoms with Crippen LogP contribution in [0.5, 0.6) is 0 Å². The number of carbonyl (C=O) groups is 1. The fourth-order valence-electron chi connectivity index (χ4n) is 3.09. The molecule has 1 amide bonds. The van der Waals surface area contributed by atoms with Gasteiger partial charge >= 0.3 is 0 Å². The maximum absolute atomic E-state index is 12.8. The van der Waals surface area contributed by atoms with Crippen molar-refractivity contribution < 1.29 is 13.2 Å². The van der Waals surface area contributed by atoms with Crippen molar-refractivity contribution >= 4 is 56.4 Å². The number of anilines is 1. The summed E-state index contributed by atoms with van der Waals surface area (Å²) in [5.41, 5.74) is 0.444. The van der Waals surface area contributed by atoms with Crippen LogP contribution in [-0.2, 0) is 14.8 Å². The summed E-state index contributed by atoms with van der Waals surface area (Å²) in [5, 5.41) is 3.90. The van der Waals surface area contributed by atoms with E-state index >= 15 is 0 Å². The quantitative estimate of drug-likeness (QED) is 0.709. The van der Waals surface area contributed by atoms with Gasteiger partial charge in [-0.3, -0.25) is 9.69 Å². The summed E-state index contributed by atoms with van der Waals surface area (Å²) < 4.78 is 27.0. The first-order valence-corrected chi connectivity index (χ1v) is 11.5. The molecule has 2 aromatic carbocycles. The SMILES string of the molecule is CC(C(=O)Nc1cccc(Cl)c1Cl)N1CCN(S(=O)(=O)c2ccc(Cl)cc2)CC1. The van der Waals surface area contributed by atoms with Crippen LogP contribution in [0.2, 0.25) is 15.1 Å². The van der Waals surface area contributed by atoms with E-state index in [2.05, 4.69) is 5.32 Å². The van der Waals surface area contributed by atoms with Gasteiger partial charge in [0, 0.05) is 31.2 Å². The van der Waals surface area contributed by atoms with Crippen LogP contribution in [0.4, 0.5) is 5.69 Å². The summed E-state index contributed by atoms with van der Waals surface area (Å²) in [6.45, 7) is 3.23. The minimum Gasteiger partial charge on any atom is -0.323 e. The van der Waals surface area contributed by atoms with Crippen molar-refractivity contribution in [2.75, 3.05) is 31.5 Å². The Morgan fingerprint density at radius 3 is 2.24 bits per heavy atom. The lowest BCUT2D eigenvalue weighted by atomic mass is 10.2. The Kier molecular flexibility index (Phi) is 7.09. The first-order chi connectivity index (χ1) is 13.7. The van der Waals surface area contributed by atoms with E-state index in [0.717, 1.165) is 0 Å². The topological polar surface area (TPSA) is 69.7 Å². The molecule has 1 atom stereocenters. The van der Waals surface area contributed by atoms with E-state index in [1.54, 1.807) is 37.3 Å². The molecule has 3 rings (SSSR count). The van der Waals surface area contributed by atoms with Gasteiger partial charge in [0.25, 0.3) is 0 Å². The summed E-state index contributed by atoms with van der Waals surface area (Å²) in [7, 11) is -3.59. The summed E-state index contributed by atoms with van der Waals surface area (Å²) >= 11 is 17.9. The number of hydrogen-bond acceptors (Lipinski definition) is 4. The number of nitrogens with zero attached hydrogens (tertiary/aromatic N) is 2. The minimum absolute atomic E-state index is 0.205. The van der Waals surface area contributed by atoms with E-state index in [4.69, 9.17) is 34.8 Å². The summed E-state index contributed by atoms with van der Waals surface area (Å²) in [6, 6.07) is 10.7. The predicted octanol–water partition coefficient (Wildman–Crippen LogP) is 3.98. The van der Waals surface area contributed by atoms with Crippen molar-refractivity contribution in [2.45, 2.75) is 17.9 Å². The molecule has 1 N–H and O–H groups in total. The molecule has 1 aliphatic rings. The first kappa shape index (κ1) is 22.3. The van der Waals surface area contributed by atoms with Gasteiger partial charge in [0.2, 0.25) is 15.9 Å². The first-order valence-electron chi connectivity index (χ1n) is 8.95. The van der Waals surface area contributed by atoms with Crippen LogP contribution >= 0.6 is 34.8 Å². The van der Waals surface area contributed by atoms with Crippen molar-refractivity contribution in [1.82, 2.24) is 9.21 Å². The van der Waals surface area contributed by atoms with E-state index < -0.39 is 16.1 Å². The molecular formula is C19H20Cl3N3O3S. The molecule has 0 radical (unpaired) electrons. The average Bonchev–Trinajstić information content (AvgIpc) is 2.71. The highest BCUT2D eigenvalue weighted by molar-refractivity contribution is 7.89. The number of nitrogens with one attached hydrogen (secondary N) is 1. The molecule has 0 saturated carbocycles. The van der Waals surface area contributed by atoms with E-state index in [1.807, 2.05) is 4.90 Å². The van der Waals surface area contributed by atoms with Crippen LogP contribution in [-0.4, -0.2) is 55.8 Å². The van der Waals surface area contributed by atoms with Crippen molar-refractivity contribution in [3.05, 3.63) is 57.5 Å². The third-order valence-corrected chi connectivity index (χ3v) is 7.85. The van der Waals surface area contributed by atoms with Crippen molar-refractivity contribution in [2.24, 2.45) is 0 Å². The molecule has 29 heavy (non-hydrogen) atoms. The number of rotatable bonds is 5. The Hall–Kier alpha value is -1.35. The highest BCUT2D eigenvalue weighted by Crippen LogP contribution is 2.29. The second-order valence-electron chi connectivity index (χ2n) is 6.66. The van der Waals surface area contributed by atoms with Crippen molar-refractivity contribution in [3.63, 3.8) is 0 Å². The second kappa shape index (κ2) is 9.20. The molecule has 1 aliphatic heterocycles. The highest BCUT2D eigenvalue weighted by Gasteiger charge is 2.32. The Morgan fingerprint density at radius 2 is 1.62 bits per heavy atom. The summed E-state index contributed by atoms with van der Waals surface area (Å²) in [5.74, 6) is -0.233. The number of sulfonamides is 1. The number of benzene rings is 2. The van der Waals surface area contributed by atoms with Gasteiger partial charge < -0.3 is 5.32 Å². The predicted molar refractivity (Wildman–Crippen MR) is 116 cm³/mol. The van der Waals surface area contributed by atoms with Crippen molar-refractivity contribution in [3.8, 4) is 0 Å². The molecule has 0 bridgehead atoms. The van der Waals surface area contributed by atoms with Crippen LogP contribution in [0.15, 0.2) is 47.4 Å². The number of hydrogen-bond donors (Lipinski definition) is 1. The Labute approximate surface area is 185 Å². The van der Waals surface area contributed by atoms with Crippen LogP contribution in [0.1, 0.15) is 6.92 Å². The average molecular weight is 477 g/mol. The van der Waals surface area contributed by atoms with Crippen molar-refractivity contribution in [1.29, 1.82) is 0 Å². The van der Waals surface area contributed by atoms with E-state index in [1.165, 1.54) is 16.4 Å². The molecule has 6 nitrogen and oxygen atoms in total. The largest absolute Gasteiger partial charge is 0.323 e. The minimum atomic E-state index is -3.59. The molecule has 0 spiro atoms. The summed E-state index contributed by atoms with van der Waals surface area (Å²) in [6.07, 6.45) is 0. The van der Waals surface area contributed by atoms with Gasteiger partial charge in [0.05, 0.1) is 26.7 Å². The van der Waals surface area contributed by atoms with E-state index in [-0.39, 0.29) is 15.8 Å². The molecule has 1 unspecified atom stereocenters. The molecule has 1 saturated heterocycles. The molecule has 0 aliphatic carbocycles. The van der Waals surface area contributed by atoms with Gasteiger partial charge in [0.1, 0.15) is 0 Å². The smallest absolute Gasteiger partial charge is 0.243 e. The van der Waals surface area contributed by atoms with Crippen LogP contribution < -0.4 is 5.32 Å². The number of carbonyl (C=O) groups excluding carboxylic acids is 1. The lowest BCUT2D eigenvalue weighted by molar-refractivity contribution is -0.121. The van der Waals surface area contributed by atoms with Crippen LogP contribution in [0.25, 0.3) is 0 Å². The molecule has 10 heteroatoms. The van der Waals surface area contributed by atoms with Gasteiger partial charge in [-0.1, -0.05) is 40.9 Å². The fraction of sp³-hybridized carbons (Fsp3) is 0.316. The third-order valence-electron chi connectivity index (χ3n) is 4.86. The maximum Gasteiger partial charge on any atom is 0.243 e. The number of amides is 1.